The van der Waals surface area contributed by atoms with Crippen LogP contribution < -0.4 is 16.1 Å². The zero-order valence-corrected chi connectivity index (χ0v) is 56.8. The molecule has 26 heteroatoms. The molecule has 3 aliphatic rings. The highest BCUT2D eigenvalue weighted by Gasteiger charge is 2.53. The van der Waals surface area contributed by atoms with Crippen molar-refractivity contribution in [1.82, 2.24) is 29.2 Å². The summed E-state index contributed by atoms with van der Waals surface area (Å²) in [6, 6.07) is 42.1. The van der Waals surface area contributed by atoms with Crippen molar-refractivity contribution in [3.63, 3.8) is 0 Å². The van der Waals surface area contributed by atoms with Crippen LogP contribution in [0.15, 0.2) is 191 Å². The second-order valence-corrected chi connectivity index (χ2v) is 31.8. The lowest BCUT2D eigenvalue weighted by Gasteiger charge is -2.39. The average Bonchev–Trinajstić information content (AvgIpc) is 1.26. The van der Waals surface area contributed by atoms with E-state index < -0.39 is 65.9 Å². The van der Waals surface area contributed by atoms with Crippen molar-refractivity contribution in [3.8, 4) is 11.3 Å². The molecule has 458 valence electrons. The maximum absolute atomic E-state index is 13.5. The maximum atomic E-state index is 13.5. The first-order valence-electron chi connectivity index (χ1n) is 27.2. The standard InChI is InChI=1S/C28H24ClN3O4S3.C20H14BrClN2O2S2.C14H22BNO4S/c1-32(2)39(35,36)20-12-10-18(11-13-20)22-7-5-9-25(30-22)28(19-14-15-37-17-19)16-23(33)26(27(34)31-28)38-24-8-4-3-6-21(24)29;21-17-7-3-6-16(23-17)20(12-8-9-27-11-12)10-14(25)18(19(26)24-20)28-15-5-2-1-4-13(15)22;1-13(2)14(3,4)20-15(19-13)11-7-9-12(10-8-11)21(17,18)16(5)6/h3-15,17,26H,16H2,1-2H3,(H,31,34);1-9,11,18H,10H2,(H,24,26);7-10H,1-6H3. The van der Waals surface area contributed by atoms with Gasteiger partial charge in [-0.3, -0.25) is 19.2 Å². The molecule has 88 heavy (non-hydrogen) atoms. The number of nitrogens with zero attached hydrogens (tertiary/aromatic N) is 4. The number of thioether (sulfide) groups is 2. The summed E-state index contributed by atoms with van der Waals surface area (Å²) in [6.45, 7) is 7.94. The number of aromatic nitrogens is 2. The van der Waals surface area contributed by atoms with Crippen LogP contribution >= 0.6 is 85.3 Å². The molecule has 3 fully saturated rings. The molecule has 4 aromatic heterocycles. The van der Waals surface area contributed by atoms with Crippen LogP contribution in [0.5, 0.6) is 0 Å². The van der Waals surface area contributed by atoms with Crippen molar-refractivity contribution in [2.45, 2.75) is 92.9 Å². The highest BCUT2D eigenvalue weighted by molar-refractivity contribution is 9.10. The molecule has 2 N–H and O–H groups in total. The third-order valence-electron chi connectivity index (χ3n) is 15.3. The SMILES string of the molecule is CN(C)S(=O)(=O)c1ccc(-c2cccc(C3(c4ccsc4)CC(=O)C(Sc4ccccc4Cl)C(=O)N3)n2)cc1.CN(C)S(=O)(=O)c1ccc(B2OC(C)(C)C(C)(C)O2)cc1.O=C1CC(c2ccsc2)(c2cccc(Br)n2)NC(=O)C1Sc1ccccc1Cl. The van der Waals surface area contributed by atoms with E-state index in [9.17, 15) is 36.0 Å². The molecular formula is C62H60BBrCl2N6O10S6. The lowest BCUT2D eigenvalue weighted by atomic mass is 9.79. The van der Waals surface area contributed by atoms with Crippen molar-refractivity contribution in [3.05, 3.63) is 204 Å². The number of hydrogen-bond donors (Lipinski definition) is 2. The third kappa shape index (κ3) is 14.1. The average molecular weight is 1400 g/mol. The third-order valence-corrected chi connectivity index (χ3v) is 24.3. The minimum Gasteiger partial charge on any atom is -0.399 e. The number of halogens is 3. The van der Waals surface area contributed by atoms with Gasteiger partial charge in [0.25, 0.3) is 0 Å². The Kier molecular flexibility index (Phi) is 20.6. The van der Waals surface area contributed by atoms with Crippen molar-refractivity contribution < 1.29 is 45.3 Å². The van der Waals surface area contributed by atoms with Crippen LogP contribution in [0.3, 0.4) is 0 Å². The molecule has 4 atom stereocenters. The molecule has 11 rings (SSSR count). The number of hydrogen-bond acceptors (Lipinski definition) is 16. The molecule has 0 bridgehead atoms. The van der Waals surface area contributed by atoms with Crippen LogP contribution in [0.25, 0.3) is 11.3 Å². The number of carbonyl (C=O) groups excluding carboxylic acids is 4. The van der Waals surface area contributed by atoms with Gasteiger partial charge < -0.3 is 19.9 Å². The lowest BCUT2D eigenvalue weighted by molar-refractivity contribution is -0.134. The molecule has 3 aliphatic heterocycles. The van der Waals surface area contributed by atoms with E-state index in [1.54, 1.807) is 66.7 Å². The summed E-state index contributed by atoms with van der Waals surface area (Å²) in [4.78, 5) is 64.4. The number of sulfonamides is 2. The molecule has 0 spiro atoms. The van der Waals surface area contributed by atoms with Gasteiger partial charge in [0, 0.05) is 56.4 Å². The van der Waals surface area contributed by atoms with E-state index >= 15 is 0 Å². The molecule has 7 heterocycles. The number of rotatable bonds is 14. The first-order chi connectivity index (χ1) is 41.6. The second-order valence-electron chi connectivity index (χ2n) is 22.0. The minimum atomic E-state index is -3.56. The Balaban J connectivity index is 0.000000165. The number of carbonyl (C=O) groups is 4. The first kappa shape index (κ1) is 66.8. The summed E-state index contributed by atoms with van der Waals surface area (Å²) in [5.74, 6) is -1.12. The molecule has 8 aromatic rings. The zero-order chi connectivity index (χ0) is 63.6. The lowest BCUT2D eigenvalue weighted by Crippen LogP contribution is -2.58. The van der Waals surface area contributed by atoms with E-state index in [4.69, 9.17) is 37.5 Å². The largest absolute Gasteiger partial charge is 0.494 e. The van der Waals surface area contributed by atoms with Crippen LogP contribution in [-0.4, -0.2) is 116 Å². The smallest absolute Gasteiger partial charge is 0.399 e. The van der Waals surface area contributed by atoms with Crippen LogP contribution in [0, 0.1) is 0 Å². The van der Waals surface area contributed by atoms with E-state index in [0.717, 1.165) is 32.7 Å². The number of thiophene rings is 2. The van der Waals surface area contributed by atoms with Crippen LogP contribution in [0.4, 0.5) is 0 Å². The predicted molar refractivity (Wildman–Crippen MR) is 353 cm³/mol. The second kappa shape index (κ2) is 27.1. The van der Waals surface area contributed by atoms with E-state index in [1.165, 1.54) is 79.1 Å². The van der Waals surface area contributed by atoms with Gasteiger partial charge in [0.2, 0.25) is 31.9 Å². The molecule has 4 unspecified atom stereocenters. The summed E-state index contributed by atoms with van der Waals surface area (Å²) >= 11 is 21.2. The van der Waals surface area contributed by atoms with E-state index in [1.807, 2.05) is 116 Å². The number of benzene rings is 4. The molecule has 16 nitrogen and oxygen atoms in total. The fraction of sp³-hybridized carbons (Fsp3) is 0.258. The number of nitrogens with one attached hydrogen (secondary N) is 2. The Morgan fingerprint density at radius 2 is 0.989 bits per heavy atom. The highest BCUT2D eigenvalue weighted by atomic mass is 79.9. The van der Waals surface area contributed by atoms with Gasteiger partial charge in [-0.05, 0) is 167 Å². The van der Waals surface area contributed by atoms with Gasteiger partial charge in [0.05, 0.1) is 48.1 Å². The molecule has 0 aliphatic carbocycles. The normalized spacial score (nSPS) is 20.8. The van der Waals surface area contributed by atoms with E-state index in [2.05, 4.69) is 31.5 Å². The Labute approximate surface area is 547 Å². The monoisotopic (exact) mass is 1400 g/mol. The number of ketones is 2. The van der Waals surface area contributed by atoms with Gasteiger partial charge in [-0.25, -0.2) is 35.4 Å². The molecule has 0 saturated carbocycles. The predicted octanol–water partition coefficient (Wildman–Crippen LogP) is 11.5. The first-order valence-corrected chi connectivity index (χ1v) is 35.2. The fourth-order valence-corrected chi connectivity index (χ4v) is 15.7. The Morgan fingerprint density at radius 3 is 1.39 bits per heavy atom. The van der Waals surface area contributed by atoms with Gasteiger partial charge >= 0.3 is 7.12 Å². The van der Waals surface area contributed by atoms with Gasteiger partial charge in [-0.1, -0.05) is 83.9 Å². The summed E-state index contributed by atoms with van der Waals surface area (Å²) in [5, 5.41) is 13.1. The quantitative estimate of drug-likeness (QED) is 0.0589. The zero-order valence-electron chi connectivity index (χ0n) is 48.8. The summed E-state index contributed by atoms with van der Waals surface area (Å²) < 4.78 is 63.9. The highest BCUT2D eigenvalue weighted by Crippen LogP contribution is 2.44. The number of amides is 2. The van der Waals surface area contributed by atoms with Crippen molar-refractivity contribution >= 4 is 141 Å². The van der Waals surface area contributed by atoms with Crippen molar-refractivity contribution in [2.75, 3.05) is 28.2 Å². The fourth-order valence-electron chi connectivity index (χ4n) is 9.66. The van der Waals surface area contributed by atoms with Crippen LogP contribution in [0.1, 0.15) is 63.1 Å². The van der Waals surface area contributed by atoms with Gasteiger partial charge in [-0.2, -0.15) is 22.7 Å². The Hall–Kier alpha value is -5.58. The number of piperidine rings is 2. The van der Waals surface area contributed by atoms with Gasteiger partial charge in [0.1, 0.15) is 26.2 Å². The molecular weight excluding hydrogens is 1340 g/mol. The summed E-state index contributed by atoms with van der Waals surface area (Å²) in [7, 11) is -1.47. The van der Waals surface area contributed by atoms with Crippen molar-refractivity contribution in [2.24, 2.45) is 0 Å². The van der Waals surface area contributed by atoms with Crippen molar-refractivity contribution in [1.29, 1.82) is 0 Å². The Bertz CT molecular complexity index is 4060. The summed E-state index contributed by atoms with van der Waals surface area (Å²) in [6.07, 6.45) is 0.148. The Morgan fingerprint density at radius 1 is 0.568 bits per heavy atom. The number of Topliss-reactive ketones (excluding diaryl/α,β-unsaturated/α-hetero) is 2. The maximum Gasteiger partial charge on any atom is 0.494 e. The van der Waals surface area contributed by atoms with Crippen LogP contribution in [-0.2, 0) is 59.6 Å². The van der Waals surface area contributed by atoms with E-state index in [-0.39, 0.29) is 40.1 Å². The molecule has 2 amide bonds. The van der Waals surface area contributed by atoms with Gasteiger partial charge in [0.15, 0.2) is 11.6 Å². The topological polar surface area (TPSA) is 211 Å². The van der Waals surface area contributed by atoms with Crippen LogP contribution in [0.2, 0.25) is 10.0 Å². The minimum absolute atomic E-state index is 0.0219. The van der Waals surface area contributed by atoms with E-state index in [0.29, 0.717) is 47.1 Å². The van der Waals surface area contributed by atoms with Gasteiger partial charge in [-0.15, -0.1) is 23.5 Å². The number of pyridine rings is 2. The molecule has 3 saturated heterocycles. The summed E-state index contributed by atoms with van der Waals surface area (Å²) in [5.41, 5.74) is 1.93. The molecule has 0 radical (unpaired) electrons. The molecule has 4 aromatic carbocycles.